The molecule has 0 bridgehead atoms. The van der Waals surface area contributed by atoms with Crippen molar-refractivity contribution in [1.29, 1.82) is 0 Å². The van der Waals surface area contributed by atoms with Gasteiger partial charge in [0.1, 0.15) is 5.82 Å². The number of hydrogen-bond acceptors (Lipinski definition) is 5. The summed E-state index contributed by atoms with van der Waals surface area (Å²) in [4.78, 5) is 30.9. The van der Waals surface area contributed by atoms with Gasteiger partial charge >= 0.3 is 0 Å². The minimum atomic E-state index is -0.328. The maximum absolute atomic E-state index is 13.5. The minimum Gasteiger partial charge on any atom is -0.369 e. The topological polar surface area (TPSA) is 93.6 Å². The van der Waals surface area contributed by atoms with Crippen LogP contribution in [0.5, 0.6) is 0 Å². The number of aromatic nitrogens is 2. The first kappa shape index (κ1) is 22.1. The fourth-order valence-electron chi connectivity index (χ4n) is 4.07. The van der Waals surface area contributed by atoms with Crippen LogP contribution < -0.4 is 5.73 Å². The minimum absolute atomic E-state index is 0.129. The zero-order valence-electron chi connectivity index (χ0n) is 18.2. The lowest BCUT2D eigenvalue weighted by Gasteiger charge is -2.31. The maximum atomic E-state index is 13.5. The van der Waals surface area contributed by atoms with Gasteiger partial charge in [-0.25, -0.2) is 9.07 Å². The van der Waals surface area contributed by atoms with Crippen LogP contribution in [0, 0.1) is 11.7 Å². The molecule has 0 atom stereocenters. The Bertz CT molecular complexity index is 1290. The Balaban J connectivity index is 1.44. The molecule has 172 valence electrons. The Hall–Kier alpha value is -3.72. The van der Waals surface area contributed by atoms with E-state index in [0.717, 1.165) is 16.8 Å². The Labute approximate surface area is 200 Å². The van der Waals surface area contributed by atoms with E-state index in [4.69, 9.17) is 10.8 Å². The van der Waals surface area contributed by atoms with E-state index in [2.05, 4.69) is 4.99 Å². The summed E-state index contributed by atoms with van der Waals surface area (Å²) in [7, 11) is 0. The SMILES string of the molecule is NC(=O)C1CCN(C2=NC(=O)C(=Cc3cn(-c4ccccc4)nc3-c3ccc(F)cc3)S2)CC1. The number of primary amides is 1. The van der Waals surface area contributed by atoms with Crippen molar-refractivity contribution in [2.24, 2.45) is 16.6 Å². The van der Waals surface area contributed by atoms with Crippen molar-refractivity contribution in [3.63, 3.8) is 0 Å². The highest BCUT2D eigenvalue weighted by atomic mass is 32.2. The van der Waals surface area contributed by atoms with Crippen LogP contribution in [0.3, 0.4) is 0 Å². The molecule has 9 heteroatoms. The second-order valence-electron chi connectivity index (χ2n) is 8.19. The van der Waals surface area contributed by atoms with Gasteiger partial charge in [-0.15, -0.1) is 0 Å². The van der Waals surface area contributed by atoms with E-state index in [1.54, 1.807) is 22.9 Å². The summed E-state index contributed by atoms with van der Waals surface area (Å²) in [6.45, 7) is 1.26. The average molecular weight is 476 g/mol. The maximum Gasteiger partial charge on any atom is 0.286 e. The van der Waals surface area contributed by atoms with Crippen molar-refractivity contribution < 1.29 is 14.0 Å². The molecule has 34 heavy (non-hydrogen) atoms. The van der Waals surface area contributed by atoms with Crippen LogP contribution in [-0.4, -0.2) is 44.8 Å². The molecule has 2 aliphatic rings. The van der Waals surface area contributed by atoms with Gasteiger partial charge in [0.2, 0.25) is 5.91 Å². The molecule has 1 aromatic heterocycles. The molecule has 2 amide bonds. The fourth-order valence-corrected chi connectivity index (χ4v) is 5.02. The number of piperidine rings is 1. The summed E-state index contributed by atoms with van der Waals surface area (Å²) in [5.41, 5.74) is 8.41. The van der Waals surface area contributed by atoms with E-state index in [1.807, 2.05) is 41.4 Å². The van der Waals surface area contributed by atoms with E-state index < -0.39 is 0 Å². The van der Waals surface area contributed by atoms with Gasteiger partial charge in [0.25, 0.3) is 5.91 Å². The van der Waals surface area contributed by atoms with Crippen molar-refractivity contribution >= 4 is 34.8 Å². The number of carbonyl (C=O) groups is 2. The Morgan fingerprint density at radius 1 is 1.09 bits per heavy atom. The van der Waals surface area contributed by atoms with Crippen LogP contribution in [0.25, 0.3) is 23.0 Å². The first-order chi connectivity index (χ1) is 16.5. The highest BCUT2D eigenvalue weighted by molar-refractivity contribution is 8.18. The van der Waals surface area contributed by atoms with Crippen molar-refractivity contribution in [3.8, 4) is 16.9 Å². The number of nitrogens with zero attached hydrogens (tertiary/aromatic N) is 4. The van der Waals surface area contributed by atoms with Crippen LogP contribution in [0.4, 0.5) is 4.39 Å². The number of carbonyl (C=O) groups excluding carboxylic acids is 2. The van der Waals surface area contributed by atoms with E-state index in [1.165, 1.54) is 23.9 Å². The Morgan fingerprint density at radius 3 is 2.47 bits per heavy atom. The van der Waals surface area contributed by atoms with Crippen LogP contribution in [0.15, 0.2) is 70.7 Å². The van der Waals surface area contributed by atoms with Gasteiger partial charge in [0, 0.05) is 36.3 Å². The lowest BCUT2D eigenvalue weighted by atomic mass is 9.97. The predicted molar refractivity (Wildman–Crippen MR) is 130 cm³/mol. The number of amides is 2. The molecule has 2 aromatic carbocycles. The number of hydrogen-bond donors (Lipinski definition) is 1. The smallest absolute Gasteiger partial charge is 0.286 e. The van der Waals surface area contributed by atoms with Crippen LogP contribution in [0.2, 0.25) is 0 Å². The third-order valence-electron chi connectivity index (χ3n) is 5.94. The van der Waals surface area contributed by atoms with Crippen molar-refractivity contribution in [1.82, 2.24) is 14.7 Å². The molecule has 2 aliphatic heterocycles. The number of aliphatic imine (C=N–C) groups is 1. The normalized spacial score (nSPS) is 17.9. The molecule has 0 spiro atoms. The van der Waals surface area contributed by atoms with E-state index in [9.17, 15) is 14.0 Å². The van der Waals surface area contributed by atoms with Gasteiger partial charge < -0.3 is 10.6 Å². The number of likely N-dealkylation sites (tertiary alicyclic amines) is 1. The molecule has 0 unspecified atom stereocenters. The van der Waals surface area contributed by atoms with Gasteiger partial charge in [-0.3, -0.25) is 9.59 Å². The van der Waals surface area contributed by atoms with Gasteiger partial charge in [-0.2, -0.15) is 10.1 Å². The standard InChI is InChI=1S/C25H22FN5O2S/c26-19-8-6-16(7-9-19)22-18(15-31(29-22)20-4-2-1-3-5-20)14-21-24(33)28-25(34-21)30-12-10-17(11-13-30)23(27)32/h1-9,14-15,17H,10-13H2,(H2,27,32). The summed E-state index contributed by atoms with van der Waals surface area (Å²) < 4.78 is 15.3. The summed E-state index contributed by atoms with van der Waals surface area (Å²) in [6.07, 6.45) is 4.94. The van der Waals surface area contributed by atoms with Crippen molar-refractivity contribution in [3.05, 3.63) is 77.1 Å². The molecule has 0 saturated carbocycles. The van der Waals surface area contributed by atoms with Crippen molar-refractivity contribution in [2.75, 3.05) is 13.1 Å². The van der Waals surface area contributed by atoms with Gasteiger partial charge in [-0.05, 0) is 67.1 Å². The fraction of sp³-hybridized carbons (Fsp3) is 0.200. The summed E-state index contributed by atoms with van der Waals surface area (Å²) in [6, 6.07) is 15.8. The van der Waals surface area contributed by atoms with Gasteiger partial charge in [-0.1, -0.05) is 18.2 Å². The lowest BCUT2D eigenvalue weighted by molar-refractivity contribution is -0.123. The molecule has 0 radical (unpaired) electrons. The Kier molecular flexibility index (Phi) is 6.02. The number of para-hydroxylation sites is 1. The number of halogens is 1. The van der Waals surface area contributed by atoms with Gasteiger partial charge in [0.05, 0.1) is 16.3 Å². The summed E-state index contributed by atoms with van der Waals surface area (Å²) >= 11 is 1.32. The lowest BCUT2D eigenvalue weighted by Crippen LogP contribution is -2.40. The third kappa shape index (κ3) is 4.51. The number of nitrogens with two attached hydrogens (primary N) is 1. The second kappa shape index (κ2) is 9.26. The van der Waals surface area contributed by atoms with E-state index in [0.29, 0.717) is 41.7 Å². The number of amidine groups is 1. The average Bonchev–Trinajstić information content (AvgIpc) is 3.44. The van der Waals surface area contributed by atoms with Crippen LogP contribution >= 0.6 is 11.8 Å². The quantitative estimate of drug-likeness (QED) is 0.579. The molecule has 1 saturated heterocycles. The highest BCUT2D eigenvalue weighted by Gasteiger charge is 2.30. The number of rotatable bonds is 4. The van der Waals surface area contributed by atoms with E-state index >= 15 is 0 Å². The first-order valence-electron chi connectivity index (χ1n) is 11.0. The highest BCUT2D eigenvalue weighted by Crippen LogP contribution is 2.34. The molecule has 0 aliphatic carbocycles. The molecule has 7 nitrogen and oxygen atoms in total. The molecule has 2 N–H and O–H groups in total. The second-order valence-corrected chi connectivity index (χ2v) is 9.20. The predicted octanol–water partition coefficient (Wildman–Crippen LogP) is 3.85. The molecule has 5 rings (SSSR count). The molecule has 3 heterocycles. The van der Waals surface area contributed by atoms with Crippen molar-refractivity contribution in [2.45, 2.75) is 12.8 Å². The monoisotopic (exact) mass is 475 g/mol. The molecule has 3 aromatic rings. The number of thioether (sulfide) groups is 1. The largest absolute Gasteiger partial charge is 0.369 e. The van der Waals surface area contributed by atoms with E-state index in [-0.39, 0.29) is 23.5 Å². The zero-order chi connectivity index (χ0) is 23.7. The van der Waals surface area contributed by atoms with Crippen LogP contribution in [-0.2, 0) is 9.59 Å². The Morgan fingerprint density at radius 2 is 1.79 bits per heavy atom. The molecular weight excluding hydrogens is 453 g/mol. The summed E-state index contributed by atoms with van der Waals surface area (Å²) in [5.74, 6) is -1.04. The van der Waals surface area contributed by atoms with Gasteiger partial charge in [0.15, 0.2) is 5.17 Å². The van der Waals surface area contributed by atoms with Crippen LogP contribution in [0.1, 0.15) is 18.4 Å². The zero-order valence-corrected chi connectivity index (χ0v) is 19.0. The third-order valence-corrected chi connectivity index (χ3v) is 6.99. The summed E-state index contributed by atoms with van der Waals surface area (Å²) in [5, 5.41) is 5.36. The first-order valence-corrected chi connectivity index (χ1v) is 11.8. The number of benzene rings is 2. The molecular formula is C25H22FN5O2S. The molecule has 1 fully saturated rings.